The van der Waals surface area contributed by atoms with Crippen LogP contribution in [0.2, 0.25) is 0 Å². The van der Waals surface area contributed by atoms with Crippen molar-refractivity contribution < 1.29 is 9.47 Å². The SMILES string of the molecule is COc1ccc(OC)c(C(C)C)c1Br. The first-order valence-corrected chi connectivity index (χ1v) is 5.31. The van der Waals surface area contributed by atoms with Crippen molar-refractivity contribution in [2.45, 2.75) is 19.8 Å². The summed E-state index contributed by atoms with van der Waals surface area (Å²) in [6.07, 6.45) is 0. The molecule has 2 nitrogen and oxygen atoms in total. The zero-order valence-corrected chi connectivity index (χ0v) is 10.5. The summed E-state index contributed by atoms with van der Waals surface area (Å²) in [7, 11) is 3.34. The fourth-order valence-electron chi connectivity index (χ4n) is 1.43. The van der Waals surface area contributed by atoms with E-state index in [1.165, 1.54) is 0 Å². The molecule has 0 amide bonds. The van der Waals surface area contributed by atoms with Crippen LogP contribution in [0.15, 0.2) is 16.6 Å². The largest absolute Gasteiger partial charge is 0.496 e. The number of halogens is 1. The Hall–Kier alpha value is -0.700. The molecule has 1 aromatic rings. The molecule has 0 saturated heterocycles. The van der Waals surface area contributed by atoms with Gasteiger partial charge in [-0.3, -0.25) is 0 Å². The Morgan fingerprint density at radius 1 is 1.07 bits per heavy atom. The monoisotopic (exact) mass is 258 g/mol. The first-order chi connectivity index (χ1) is 6.61. The molecule has 0 aliphatic heterocycles. The minimum Gasteiger partial charge on any atom is -0.496 e. The van der Waals surface area contributed by atoms with E-state index in [-0.39, 0.29) is 0 Å². The highest BCUT2D eigenvalue weighted by Gasteiger charge is 2.15. The van der Waals surface area contributed by atoms with E-state index >= 15 is 0 Å². The van der Waals surface area contributed by atoms with E-state index in [9.17, 15) is 0 Å². The molecular weight excluding hydrogens is 244 g/mol. The molecule has 0 radical (unpaired) electrons. The van der Waals surface area contributed by atoms with Crippen molar-refractivity contribution in [3.63, 3.8) is 0 Å². The molecule has 1 aromatic carbocycles. The van der Waals surface area contributed by atoms with Gasteiger partial charge in [0.1, 0.15) is 11.5 Å². The predicted molar refractivity (Wildman–Crippen MR) is 61.3 cm³/mol. The smallest absolute Gasteiger partial charge is 0.133 e. The van der Waals surface area contributed by atoms with Gasteiger partial charge in [0.05, 0.1) is 18.7 Å². The second-order valence-electron chi connectivity index (χ2n) is 3.35. The van der Waals surface area contributed by atoms with Crippen LogP contribution in [0.4, 0.5) is 0 Å². The normalized spacial score (nSPS) is 10.4. The first-order valence-electron chi connectivity index (χ1n) is 4.52. The third-order valence-electron chi connectivity index (χ3n) is 2.12. The second-order valence-corrected chi connectivity index (χ2v) is 4.15. The van der Waals surface area contributed by atoms with Crippen LogP contribution < -0.4 is 9.47 Å². The Kier molecular flexibility index (Phi) is 3.81. The van der Waals surface area contributed by atoms with Crippen molar-refractivity contribution in [3.05, 3.63) is 22.2 Å². The van der Waals surface area contributed by atoms with Gasteiger partial charge in [0, 0.05) is 5.56 Å². The standard InChI is InChI=1S/C11H15BrO2/c1-7(2)10-8(13-3)5-6-9(14-4)11(10)12/h5-7H,1-4H3. The third kappa shape index (κ3) is 2.03. The summed E-state index contributed by atoms with van der Waals surface area (Å²) in [6, 6.07) is 3.83. The summed E-state index contributed by atoms with van der Waals surface area (Å²) in [5.41, 5.74) is 1.15. The Morgan fingerprint density at radius 3 is 2.00 bits per heavy atom. The van der Waals surface area contributed by atoms with Gasteiger partial charge in [0.15, 0.2) is 0 Å². The van der Waals surface area contributed by atoms with Gasteiger partial charge >= 0.3 is 0 Å². The zero-order chi connectivity index (χ0) is 10.7. The summed E-state index contributed by atoms with van der Waals surface area (Å²) in [5, 5.41) is 0. The highest BCUT2D eigenvalue weighted by atomic mass is 79.9. The molecular formula is C11H15BrO2. The molecule has 14 heavy (non-hydrogen) atoms. The minimum atomic E-state index is 0.398. The maximum atomic E-state index is 5.30. The van der Waals surface area contributed by atoms with Crippen molar-refractivity contribution in [2.24, 2.45) is 0 Å². The van der Waals surface area contributed by atoms with Crippen molar-refractivity contribution in [1.82, 2.24) is 0 Å². The lowest BCUT2D eigenvalue weighted by atomic mass is 10.0. The molecule has 0 aromatic heterocycles. The number of benzene rings is 1. The van der Waals surface area contributed by atoms with Gasteiger partial charge in [-0.2, -0.15) is 0 Å². The molecule has 0 bridgehead atoms. The molecule has 0 aliphatic carbocycles. The maximum absolute atomic E-state index is 5.30. The second kappa shape index (κ2) is 4.69. The van der Waals surface area contributed by atoms with Crippen molar-refractivity contribution >= 4 is 15.9 Å². The Bertz CT molecular complexity index is 321. The van der Waals surface area contributed by atoms with Crippen LogP contribution in [-0.2, 0) is 0 Å². The molecule has 78 valence electrons. The highest BCUT2D eigenvalue weighted by Crippen LogP contribution is 2.39. The topological polar surface area (TPSA) is 18.5 Å². The summed E-state index contributed by atoms with van der Waals surface area (Å²) in [4.78, 5) is 0. The van der Waals surface area contributed by atoms with Crippen LogP contribution >= 0.6 is 15.9 Å². The minimum absolute atomic E-state index is 0.398. The van der Waals surface area contributed by atoms with Crippen LogP contribution in [0, 0.1) is 0 Å². The van der Waals surface area contributed by atoms with E-state index in [4.69, 9.17) is 9.47 Å². The van der Waals surface area contributed by atoms with Crippen molar-refractivity contribution in [3.8, 4) is 11.5 Å². The summed E-state index contributed by atoms with van der Waals surface area (Å²) >= 11 is 3.53. The number of rotatable bonds is 3. The maximum Gasteiger partial charge on any atom is 0.133 e. The molecule has 1 rings (SSSR count). The van der Waals surface area contributed by atoms with E-state index in [1.807, 2.05) is 12.1 Å². The van der Waals surface area contributed by atoms with Crippen molar-refractivity contribution in [1.29, 1.82) is 0 Å². The molecule has 0 heterocycles. The number of hydrogen-bond donors (Lipinski definition) is 0. The van der Waals surface area contributed by atoms with Gasteiger partial charge in [-0.25, -0.2) is 0 Å². The van der Waals surface area contributed by atoms with E-state index in [0.29, 0.717) is 5.92 Å². The van der Waals surface area contributed by atoms with Crippen LogP contribution in [0.3, 0.4) is 0 Å². The number of ether oxygens (including phenoxy) is 2. The molecule has 3 heteroatoms. The van der Waals surface area contributed by atoms with Crippen LogP contribution in [0.25, 0.3) is 0 Å². The molecule has 0 fully saturated rings. The van der Waals surface area contributed by atoms with E-state index in [0.717, 1.165) is 21.5 Å². The molecule has 0 N–H and O–H groups in total. The van der Waals surface area contributed by atoms with E-state index in [2.05, 4.69) is 29.8 Å². The zero-order valence-electron chi connectivity index (χ0n) is 8.93. The van der Waals surface area contributed by atoms with E-state index in [1.54, 1.807) is 14.2 Å². The number of hydrogen-bond acceptors (Lipinski definition) is 2. The molecule has 0 saturated carbocycles. The van der Waals surface area contributed by atoms with Crippen LogP contribution in [0.5, 0.6) is 11.5 Å². The summed E-state index contributed by atoms with van der Waals surface area (Å²) in [5.74, 6) is 2.14. The van der Waals surface area contributed by atoms with Gasteiger partial charge in [-0.05, 0) is 34.0 Å². The van der Waals surface area contributed by atoms with Gasteiger partial charge in [0.25, 0.3) is 0 Å². The first kappa shape index (κ1) is 11.4. The molecule has 0 atom stereocenters. The van der Waals surface area contributed by atoms with Crippen molar-refractivity contribution in [2.75, 3.05) is 14.2 Å². The van der Waals surface area contributed by atoms with Gasteiger partial charge in [-0.15, -0.1) is 0 Å². The quantitative estimate of drug-likeness (QED) is 0.825. The van der Waals surface area contributed by atoms with Gasteiger partial charge in [0.2, 0.25) is 0 Å². The van der Waals surface area contributed by atoms with Crippen LogP contribution in [0.1, 0.15) is 25.3 Å². The van der Waals surface area contributed by atoms with Gasteiger partial charge in [-0.1, -0.05) is 13.8 Å². The molecule has 0 aliphatic rings. The van der Waals surface area contributed by atoms with Gasteiger partial charge < -0.3 is 9.47 Å². The Morgan fingerprint density at radius 2 is 1.57 bits per heavy atom. The summed E-state index contributed by atoms with van der Waals surface area (Å²) < 4.78 is 11.5. The molecule has 0 spiro atoms. The van der Waals surface area contributed by atoms with E-state index < -0.39 is 0 Å². The Labute approximate surface area is 93.4 Å². The predicted octanol–water partition coefficient (Wildman–Crippen LogP) is 3.59. The highest BCUT2D eigenvalue weighted by molar-refractivity contribution is 9.10. The number of methoxy groups -OCH3 is 2. The fraction of sp³-hybridized carbons (Fsp3) is 0.455. The average molecular weight is 259 g/mol. The molecule has 0 unspecified atom stereocenters. The van der Waals surface area contributed by atoms with Crippen LogP contribution in [-0.4, -0.2) is 14.2 Å². The lowest BCUT2D eigenvalue weighted by Crippen LogP contribution is -1.97. The Balaban J connectivity index is 3.31. The fourth-order valence-corrected chi connectivity index (χ4v) is 2.38. The average Bonchev–Trinajstić information content (AvgIpc) is 2.16. The third-order valence-corrected chi connectivity index (χ3v) is 2.94. The lowest BCUT2D eigenvalue weighted by Gasteiger charge is -2.16. The summed E-state index contributed by atoms with van der Waals surface area (Å²) in [6.45, 7) is 4.25. The lowest BCUT2D eigenvalue weighted by molar-refractivity contribution is 0.394.